The van der Waals surface area contributed by atoms with Crippen LogP contribution >= 0.6 is 11.6 Å². The highest BCUT2D eigenvalue weighted by molar-refractivity contribution is 6.34. The number of urea groups is 1. The smallest absolute Gasteiger partial charge is 0.319 e. The molecule has 1 aromatic carbocycles. The van der Waals surface area contributed by atoms with Gasteiger partial charge in [-0.15, -0.1) is 0 Å². The maximum absolute atomic E-state index is 12.1. The van der Waals surface area contributed by atoms with Gasteiger partial charge in [-0.1, -0.05) is 11.6 Å². The molecule has 1 saturated heterocycles. The summed E-state index contributed by atoms with van der Waals surface area (Å²) in [7, 11) is 3.23. The monoisotopic (exact) mass is 368 g/mol. The summed E-state index contributed by atoms with van der Waals surface area (Å²) in [6, 6.07) is 4.52. The predicted octanol–water partition coefficient (Wildman–Crippen LogP) is 1.79. The number of rotatable bonds is 7. The van der Waals surface area contributed by atoms with E-state index in [4.69, 9.17) is 16.3 Å². The van der Waals surface area contributed by atoms with Gasteiger partial charge < -0.3 is 25.6 Å². The van der Waals surface area contributed by atoms with Crippen LogP contribution < -0.4 is 16.0 Å². The third kappa shape index (κ3) is 5.88. The van der Waals surface area contributed by atoms with E-state index in [2.05, 4.69) is 20.9 Å². The Bertz CT molecular complexity index is 612. The number of carbonyl (C=O) groups is 2. The largest absolute Gasteiger partial charge is 0.383 e. The van der Waals surface area contributed by atoms with Gasteiger partial charge in [-0.3, -0.25) is 4.79 Å². The quantitative estimate of drug-likeness (QED) is 0.685. The van der Waals surface area contributed by atoms with Crippen molar-refractivity contribution in [3.63, 3.8) is 0 Å². The Morgan fingerprint density at radius 3 is 2.92 bits per heavy atom. The summed E-state index contributed by atoms with van der Waals surface area (Å²) in [5, 5.41) is 8.48. The van der Waals surface area contributed by atoms with Crippen molar-refractivity contribution in [2.45, 2.75) is 6.42 Å². The molecule has 1 atom stereocenters. The fraction of sp³-hybridized carbons (Fsp3) is 0.529. The summed E-state index contributed by atoms with van der Waals surface area (Å²) in [5.74, 6) is 0.144. The van der Waals surface area contributed by atoms with E-state index >= 15 is 0 Å². The molecule has 3 N–H and O–H groups in total. The van der Waals surface area contributed by atoms with E-state index in [0.29, 0.717) is 28.7 Å². The number of anilines is 1. The Labute approximate surface area is 153 Å². The highest BCUT2D eigenvalue weighted by Crippen LogP contribution is 2.20. The second-order valence-electron chi connectivity index (χ2n) is 6.06. The first-order valence-electron chi connectivity index (χ1n) is 8.31. The number of ether oxygens (including phenoxy) is 1. The molecule has 7 nitrogen and oxygen atoms in total. The molecule has 2 rings (SSSR count). The Balaban J connectivity index is 1.80. The van der Waals surface area contributed by atoms with Crippen LogP contribution in [0.3, 0.4) is 0 Å². The molecule has 0 radical (unpaired) electrons. The first kappa shape index (κ1) is 19.5. The van der Waals surface area contributed by atoms with Crippen molar-refractivity contribution in [2.75, 3.05) is 52.3 Å². The van der Waals surface area contributed by atoms with Gasteiger partial charge in [0.05, 0.1) is 17.2 Å². The Morgan fingerprint density at radius 2 is 2.20 bits per heavy atom. The molecule has 0 bridgehead atoms. The van der Waals surface area contributed by atoms with Crippen LogP contribution in [-0.4, -0.2) is 63.8 Å². The van der Waals surface area contributed by atoms with Gasteiger partial charge in [0.2, 0.25) is 0 Å². The molecule has 1 fully saturated rings. The third-order valence-corrected chi connectivity index (χ3v) is 4.56. The average Bonchev–Trinajstić information content (AvgIpc) is 3.07. The van der Waals surface area contributed by atoms with Gasteiger partial charge in [-0.05, 0) is 37.1 Å². The van der Waals surface area contributed by atoms with Gasteiger partial charge in [0.15, 0.2) is 0 Å². The van der Waals surface area contributed by atoms with E-state index in [9.17, 15) is 9.59 Å². The molecular formula is C17H25ClN4O3. The van der Waals surface area contributed by atoms with Crippen molar-refractivity contribution < 1.29 is 14.3 Å². The summed E-state index contributed by atoms with van der Waals surface area (Å²) in [6.07, 6.45) is 1.06. The van der Waals surface area contributed by atoms with Crippen molar-refractivity contribution >= 4 is 29.2 Å². The van der Waals surface area contributed by atoms with E-state index in [0.717, 1.165) is 32.7 Å². The van der Waals surface area contributed by atoms with Crippen LogP contribution in [0.4, 0.5) is 10.5 Å². The van der Waals surface area contributed by atoms with Crippen LogP contribution in [0.15, 0.2) is 18.2 Å². The first-order chi connectivity index (χ1) is 12.0. The average molecular weight is 369 g/mol. The summed E-state index contributed by atoms with van der Waals surface area (Å²) >= 11 is 6.00. The number of halogens is 1. The molecule has 0 aliphatic carbocycles. The number of amides is 3. The van der Waals surface area contributed by atoms with Gasteiger partial charge in [-0.2, -0.15) is 0 Å². The van der Waals surface area contributed by atoms with Gasteiger partial charge in [0.1, 0.15) is 0 Å². The van der Waals surface area contributed by atoms with E-state index in [1.807, 2.05) is 0 Å². The number of hydrogen-bond acceptors (Lipinski definition) is 4. The zero-order valence-corrected chi connectivity index (χ0v) is 15.4. The third-order valence-electron chi connectivity index (χ3n) is 4.23. The van der Waals surface area contributed by atoms with E-state index in [-0.39, 0.29) is 11.9 Å². The highest BCUT2D eigenvalue weighted by Gasteiger charge is 2.22. The van der Waals surface area contributed by atoms with Crippen molar-refractivity contribution in [2.24, 2.45) is 5.92 Å². The Hall–Kier alpha value is -1.83. The molecule has 1 aromatic rings. The van der Waals surface area contributed by atoms with Crippen LogP contribution in [0.5, 0.6) is 0 Å². The molecule has 0 saturated carbocycles. The maximum atomic E-state index is 12.1. The van der Waals surface area contributed by atoms with E-state index in [1.54, 1.807) is 25.3 Å². The van der Waals surface area contributed by atoms with Gasteiger partial charge >= 0.3 is 6.03 Å². The predicted molar refractivity (Wildman–Crippen MR) is 98.3 cm³/mol. The van der Waals surface area contributed by atoms with Crippen LogP contribution in [0.2, 0.25) is 5.02 Å². The molecular weight excluding hydrogens is 344 g/mol. The zero-order valence-electron chi connectivity index (χ0n) is 14.6. The van der Waals surface area contributed by atoms with E-state index in [1.165, 1.54) is 7.05 Å². The second kappa shape index (κ2) is 9.60. The van der Waals surface area contributed by atoms with Gasteiger partial charge in [0.25, 0.3) is 5.91 Å². The number of likely N-dealkylation sites (tertiary alicyclic amines) is 1. The van der Waals surface area contributed by atoms with Gasteiger partial charge in [-0.25, -0.2) is 4.79 Å². The lowest BCUT2D eigenvalue weighted by Gasteiger charge is -2.16. The Kier molecular flexibility index (Phi) is 7.49. The first-order valence-corrected chi connectivity index (χ1v) is 8.69. The zero-order chi connectivity index (χ0) is 18.2. The number of benzene rings is 1. The highest BCUT2D eigenvalue weighted by atomic mass is 35.5. The minimum absolute atomic E-state index is 0.291. The molecule has 25 heavy (non-hydrogen) atoms. The fourth-order valence-corrected chi connectivity index (χ4v) is 3.03. The number of hydrogen-bond donors (Lipinski definition) is 3. The van der Waals surface area contributed by atoms with Crippen molar-refractivity contribution in [1.29, 1.82) is 0 Å². The van der Waals surface area contributed by atoms with Crippen LogP contribution in [-0.2, 0) is 4.74 Å². The van der Waals surface area contributed by atoms with Crippen molar-refractivity contribution in [3.05, 3.63) is 28.8 Å². The molecule has 1 aliphatic rings. The maximum Gasteiger partial charge on any atom is 0.319 e. The standard InChI is InChI=1S/C17H25ClN4O3/c1-19-16(23)14-9-13(3-4-15(14)18)21-17(24)20-10-12-5-6-22(11-12)7-8-25-2/h3-4,9,12H,5-8,10-11H2,1-2H3,(H,19,23)(H2,20,21,24). The lowest BCUT2D eigenvalue weighted by atomic mass is 10.1. The summed E-state index contributed by atoms with van der Waals surface area (Å²) in [4.78, 5) is 26.1. The molecule has 1 aliphatic heterocycles. The molecule has 1 unspecified atom stereocenters. The lowest BCUT2D eigenvalue weighted by Crippen LogP contribution is -2.34. The minimum Gasteiger partial charge on any atom is -0.383 e. The number of nitrogens with zero attached hydrogens (tertiary/aromatic N) is 1. The fourth-order valence-electron chi connectivity index (χ4n) is 2.83. The SMILES string of the molecule is CNC(=O)c1cc(NC(=O)NCC2CCN(CCOC)C2)ccc1Cl. The van der Waals surface area contributed by atoms with E-state index < -0.39 is 0 Å². The summed E-state index contributed by atoms with van der Waals surface area (Å²) in [6.45, 7) is 4.26. The second-order valence-corrected chi connectivity index (χ2v) is 6.46. The molecule has 138 valence electrons. The lowest BCUT2D eigenvalue weighted by molar-refractivity contribution is 0.0963. The number of carbonyl (C=O) groups excluding carboxylic acids is 2. The van der Waals surface area contributed by atoms with Crippen LogP contribution in [0.1, 0.15) is 16.8 Å². The number of nitrogens with one attached hydrogen (secondary N) is 3. The molecule has 1 heterocycles. The molecule has 3 amide bonds. The normalized spacial score (nSPS) is 17.3. The molecule has 0 aromatic heterocycles. The van der Waals surface area contributed by atoms with Crippen LogP contribution in [0.25, 0.3) is 0 Å². The van der Waals surface area contributed by atoms with Crippen LogP contribution in [0, 0.1) is 5.92 Å². The summed E-state index contributed by atoms with van der Waals surface area (Å²) in [5.41, 5.74) is 0.847. The number of methoxy groups -OCH3 is 1. The molecule has 0 spiro atoms. The Morgan fingerprint density at radius 1 is 1.40 bits per heavy atom. The summed E-state index contributed by atoms with van der Waals surface area (Å²) < 4.78 is 5.09. The van der Waals surface area contributed by atoms with Crippen molar-refractivity contribution in [1.82, 2.24) is 15.5 Å². The van der Waals surface area contributed by atoms with Gasteiger partial charge in [0, 0.05) is 39.5 Å². The topological polar surface area (TPSA) is 82.7 Å². The van der Waals surface area contributed by atoms with Crippen molar-refractivity contribution in [3.8, 4) is 0 Å². The molecule has 8 heteroatoms. The minimum atomic E-state index is -0.295.